The van der Waals surface area contributed by atoms with E-state index in [4.69, 9.17) is 10.00 Å². The lowest BCUT2D eigenvalue weighted by Gasteiger charge is -2.18. The third kappa shape index (κ3) is 1.91. The van der Waals surface area contributed by atoms with Gasteiger partial charge in [0, 0.05) is 12.2 Å². The molecule has 1 heterocycles. The molecule has 84 valence electrons. The third-order valence-electron chi connectivity index (χ3n) is 2.92. The minimum absolute atomic E-state index is 0.0189. The molecule has 1 aliphatic heterocycles. The van der Waals surface area contributed by atoms with Crippen molar-refractivity contribution in [1.82, 2.24) is 0 Å². The van der Waals surface area contributed by atoms with Crippen molar-refractivity contribution < 1.29 is 13.5 Å². The molecule has 1 saturated heterocycles. The van der Waals surface area contributed by atoms with E-state index in [-0.39, 0.29) is 18.6 Å². The Labute approximate surface area is 92.5 Å². The van der Waals surface area contributed by atoms with Crippen LogP contribution in [-0.4, -0.2) is 13.2 Å². The molecule has 2 rings (SSSR count). The van der Waals surface area contributed by atoms with E-state index in [2.05, 4.69) is 6.07 Å². The Morgan fingerprint density at radius 2 is 2.06 bits per heavy atom. The highest BCUT2D eigenvalue weighted by atomic mass is 19.1. The van der Waals surface area contributed by atoms with Crippen molar-refractivity contribution in [3.63, 3.8) is 0 Å². The number of nitriles is 1. The summed E-state index contributed by atoms with van der Waals surface area (Å²) in [5, 5.41) is 9.08. The highest BCUT2D eigenvalue weighted by molar-refractivity contribution is 5.23. The van der Waals surface area contributed by atoms with Crippen LogP contribution in [0.2, 0.25) is 0 Å². The summed E-state index contributed by atoms with van der Waals surface area (Å²) in [5.41, 5.74) is -0.794. The fourth-order valence-electron chi connectivity index (χ4n) is 1.91. The molecule has 16 heavy (non-hydrogen) atoms. The van der Waals surface area contributed by atoms with Gasteiger partial charge in [0.05, 0.1) is 18.1 Å². The van der Waals surface area contributed by atoms with Crippen molar-refractivity contribution in [3.8, 4) is 6.07 Å². The first-order valence-electron chi connectivity index (χ1n) is 5.09. The maximum absolute atomic E-state index is 13.4. The van der Waals surface area contributed by atoms with E-state index in [1.807, 2.05) is 0 Å². The molecule has 2 nitrogen and oxygen atoms in total. The summed E-state index contributed by atoms with van der Waals surface area (Å²) in [4.78, 5) is 0. The summed E-state index contributed by atoms with van der Waals surface area (Å²) in [7, 11) is 0. The van der Waals surface area contributed by atoms with E-state index < -0.39 is 17.0 Å². The Bertz CT molecular complexity index is 413. The van der Waals surface area contributed by atoms with Gasteiger partial charge in [0.15, 0.2) is 0 Å². The van der Waals surface area contributed by atoms with Gasteiger partial charge in [0.25, 0.3) is 0 Å². The first kappa shape index (κ1) is 11.0. The lowest BCUT2D eigenvalue weighted by molar-refractivity contribution is 0.171. The smallest absolute Gasteiger partial charge is 0.129 e. The molecule has 0 aliphatic carbocycles. The van der Waals surface area contributed by atoms with Crippen LogP contribution in [0.15, 0.2) is 18.2 Å². The second-order valence-corrected chi connectivity index (χ2v) is 4.07. The summed E-state index contributed by atoms with van der Waals surface area (Å²) in [6.45, 7) is 0.723. The lowest BCUT2D eigenvalue weighted by Crippen LogP contribution is -2.23. The van der Waals surface area contributed by atoms with Gasteiger partial charge in [-0.25, -0.2) is 8.78 Å². The SMILES string of the molecule is N#CC1(Cc2c(F)cccc2F)CCOC1. The molecule has 0 N–H and O–H groups in total. The van der Waals surface area contributed by atoms with E-state index in [0.29, 0.717) is 13.0 Å². The Hall–Kier alpha value is -1.47. The zero-order chi connectivity index (χ0) is 11.6. The zero-order valence-corrected chi connectivity index (χ0v) is 8.67. The number of halogens is 2. The molecule has 4 heteroatoms. The standard InChI is InChI=1S/C12H11F2NO/c13-10-2-1-3-11(14)9(10)6-12(7-15)4-5-16-8-12/h1-3H,4-6,8H2. The predicted octanol–water partition coefficient (Wildman–Crippen LogP) is 2.44. The van der Waals surface area contributed by atoms with Crippen molar-refractivity contribution >= 4 is 0 Å². The molecule has 0 spiro atoms. The molecule has 0 radical (unpaired) electrons. The van der Waals surface area contributed by atoms with Crippen LogP contribution in [0.25, 0.3) is 0 Å². The van der Waals surface area contributed by atoms with Gasteiger partial charge in [-0.15, -0.1) is 0 Å². The normalized spacial score (nSPS) is 24.3. The highest BCUT2D eigenvalue weighted by Crippen LogP contribution is 2.33. The quantitative estimate of drug-likeness (QED) is 0.771. The Morgan fingerprint density at radius 1 is 1.38 bits per heavy atom. The van der Waals surface area contributed by atoms with Crippen LogP contribution in [0.5, 0.6) is 0 Å². The second kappa shape index (κ2) is 4.18. The van der Waals surface area contributed by atoms with E-state index in [1.165, 1.54) is 18.2 Å². The van der Waals surface area contributed by atoms with Crippen LogP contribution in [-0.2, 0) is 11.2 Å². The first-order chi connectivity index (χ1) is 7.67. The Morgan fingerprint density at radius 3 is 2.56 bits per heavy atom. The average Bonchev–Trinajstić information content (AvgIpc) is 2.73. The number of benzene rings is 1. The fourth-order valence-corrected chi connectivity index (χ4v) is 1.91. The largest absolute Gasteiger partial charge is 0.380 e. The molecule has 1 fully saturated rings. The predicted molar refractivity (Wildman–Crippen MR) is 53.5 cm³/mol. The molecule has 1 atom stereocenters. The number of nitrogens with zero attached hydrogens (tertiary/aromatic N) is 1. The molecule has 1 aromatic rings. The summed E-state index contributed by atoms with van der Waals surface area (Å²) in [6.07, 6.45) is 0.597. The van der Waals surface area contributed by atoms with Crippen LogP contribution in [0, 0.1) is 28.4 Å². The van der Waals surface area contributed by atoms with Gasteiger partial charge in [0.1, 0.15) is 11.6 Å². The van der Waals surface area contributed by atoms with Crippen molar-refractivity contribution in [2.24, 2.45) is 5.41 Å². The van der Waals surface area contributed by atoms with Gasteiger partial charge in [-0.3, -0.25) is 0 Å². The topological polar surface area (TPSA) is 33.0 Å². The molecule has 0 saturated carbocycles. The van der Waals surface area contributed by atoms with Crippen molar-refractivity contribution in [3.05, 3.63) is 35.4 Å². The van der Waals surface area contributed by atoms with Gasteiger partial charge in [0.2, 0.25) is 0 Å². The number of hydrogen-bond donors (Lipinski definition) is 0. The fraction of sp³-hybridized carbons (Fsp3) is 0.417. The molecule has 1 aromatic carbocycles. The van der Waals surface area contributed by atoms with Gasteiger partial charge >= 0.3 is 0 Å². The zero-order valence-electron chi connectivity index (χ0n) is 8.67. The van der Waals surface area contributed by atoms with E-state index in [9.17, 15) is 8.78 Å². The van der Waals surface area contributed by atoms with Gasteiger partial charge < -0.3 is 4.74 Å². The van der Waals surface area contributed by atoms with Crippen molar-refractivity contribution in [2.45, 2.75) is 12.8 Å². The van der Waals surface area contributed by atoms with E-state index in [0.717, 1.165) is 0 Å². The summed E-state index contributed by atoms with van der Waals surface area (Å²) < 4.78 is 32.0. The summed E-state index contributed by atoms with van der Waals surface area (Å²) >= 11 is 0. The van der Waals surface area contributed by atoms with Crippen molar-refractivity contribution in [2.75, 3.05) is 13.2 Å². The minimum atomic E-state index is -0.775. The first-order valence-corrected chi connectivity index (χ1v) is 5.09. The van der Waals surface area contributed by atoms with Crippen molar-refractivity contribution in [1.29, 1.82) is 5.26 Å². The van der Waals surface area contributed by atoms with Crippen LogP contribution in [0.1, 0.15) is 12.0 Å². The monoisotopic (exact) mass is 223 g/mol. The summed E-state index contributed by atoms with van der Waals surface area (Å²) in [5.74, 6) is -1.19. The molecular formula is C12H11F2NO. The van der Waals surface area contributed by atoms with Crippen LogP contribution < -0.4 is 0 Å². The van der Waals surface area contributed by atoms with Gasteiger partial charge in [-0.05, 0) is 25.0 Å². The highest BCUT2D eigenvalue weighted by Gasteiger charge is 2.36. The molecular weight excluding hydrogens is 212 g/mol. The average molecular weight is 223 g/mol. The second-order valence-electron chi connectivity index (χ2n) is 4.07. The lowest BCUT2D eigenvalue weighted by atomic mass is 9.82. The molecule has 1 unspecified atom stereocenters. The minimum Gasteiger partial charge on any atom is -0.380 e. The maximum atomic E-state index is 13.4. The molecule has 0 aromatic heterocycles. The van der Waals surface area contributed by atoms with Crippen LogP contribution in [0.4, 0.5) is 8.78 Å². The summed E-state index contributed by atoms with van der Waals surface area (Å²) in [6, 6.07) is 5.86. The molecule has 0 amide bonds. The van der Waals surface area contributed by atoms with E-state index in [1.54, 1.807) is 0 Å². The Balaban J connectivity index is 2.30. The Kier molecular flexibility index (Phi) is 2.88. The molecule has 0 bridgehead atoms. The van der Waals surface area contributed by atoms with Crippen LogP contribution >= 0.6 is 0 Å². The third-order valence-corrected chi connectivity index (χ3v) is 2.92. The number of hydrogen-bond acceptors (Lipinski definition) is 2. The van der Waals surface area contributed by atoms with Gasteiger partial charge in [-0.1, -0.05) is 6.07 Å². The molecule has 1 aliphatic rings. The number of ether oxygens (including phenoxy) is 1. The van der Waals surface area contributed by atoms with E-state index >= 15 is 0 Å². The van der Waals surface area contributed by atoms with Crippen LogP contribution in [0.3, 0.4) is 0 Å². The number of rotatable bonds is 2. The maximum Gasteiger partial charge on any atom is 0.129 e. The van der Waals surface area contributed by atoms with Gasteiger partial charge in [-0.2, -0.15) is 5.26 Å².